The van der Waals surface area contributed by atoms with Gasteiger partial charge in [0.15, 0.2) is 4.90 Å². The van der Waals surface area contributed by atoms with Gasteiger partial charge in [0.1, 0.15) is 0 Å². The lowest BCUT2D eigenvalue weighted by Crippen LogP contribution is -2.40. The van der Waals surface area contributed by atoms with E-state index in [9.17, 15) is 27.6 Å². The number of hydrogen-bond donors (Lipinski definition) is 2. The van der Waals surface area contributed by atoms with Crippen LogP contribution in [0, 0.1) is 5.92 Å². The first kappa shape index (κ1) is 22.8. The molecule has 2 heterocycles. The van der Waals surface area contributed by atoms with Gasteiger partial charge in [0.25, 0.3) is 0 Å². The topological polar surface area (TPSA) is 79.4 Å². The van der Waals surface area contributed by atoms with Gasteiger partial charge in [0.2, 0.25) is 5.56 Å². The fraction of sp³-hybridized carbons (Fsp3) is 0.348. The zero-order valence-electron chi connectivity index (χ0n) is 17.2. The molecule has 32 heavy (non-hydrogen) atoms. The lowest BCUT2D eigenvalue weighted by atomic mass is 10.0. The van der Waals surface area contributed by atoms with E-state index in [1.54, 1.807) is 18.2 Å². The second kappa shape index (κ2) is 9.27. The second-order valence-electron chi connectivity index (χ2n) is 8.07. The highest BCUT2D eigenvalue weighted by Gasteiger charge is 2.33. The average Bonchev–Trinajstić information content (AvgIpc) is 2.78. The SMILES string of the molecule is O=c1cc(C(F)(F)F)c2cc(Cc3ccc([S+]([O-])N4CCCC(CO)C4)cc3)ccc2[nH]1. The molecule has 5 nitrogen and oxygen atoms in total. The van der Waals surface area contributed by atoms with Crippen molar-refractivity contribution in [3.8, 4) is 0 Å². The predicted molar refractivity (Wildman–Crippen MR) is 117 cm³/mol. The Bertz CT molecular complexity index is 1150. The molecule has 170 valence electrons. The molecule has 1 fully saturated rings. The Hall–Kier alpha value is -2.33. The van der Waals surface area contributed by atoms with Gasteiger partial charge in [0.05, 0.1) is 16.9 Å². The molecule has 9 heteroatoms. The van der Waals surface area contributed by atoms with Gasteiger partial charge in [0, 0.05) is 36.7 Å². The molecule has 0 bridgehead atoms. The Morgan fingerprint density at radius 1 is 1.12 bits per heavy atom. The summed E-state index contributed by atoms with van der Waals surface area (Å²) in [6, 6.07) is 12.4. The number of aromatic nitrogens is 1. The molecule has 2 atom stereocenters. The van der Waals surface area contributed by atoms with Crippen molar-refractivity contribution in [2.75, 3.05) is 19.7 Å². The van der Waals surface area contributed by atoms with Crippen LogP contribution in [-0.4, -0.2) is 38.6 Å². The molecule has 1 aliphatic rings. The van der Waals surface area contributed by atoms with Gasteiger partial charge >= 0.3 is 6.18 Å². The molecule has 0 spiro atoms. The summed E-state index contributed by atoms with van der Waals surface area (Å²) in [6.45, 7) is 1.39. The molecular weight excluding hydrogens is 441 g/mol. The van der Waals surface area contributed by atoms with Crippen LogP contribution in [-0.2, 0) is 24.0 Å². The Labute approximate surface area is 186 Å². The maximum atomic E-state index is 13.4. The van der Waals surface area contributed by atoms with Gasteiger partial charge in [-0.05, 0) is 60.6 Å². The molecule has 0 radical (unpaired) electrons. The van der Waals surface area contributed by atoms with E-state index in [1.807, 2.05) is 16.4 Å². The highest BCUT2D eigenvalue weighted by molar-refractivity contribution is 7.89. The predicted octanol–water partition coefficient (Wildman–Crippen LogP) is 3.86. The van der Waals surface area contributed by atoms with Crippen LogP contribution in [0.25, 0.3) is 10.9 Å². The summed E-state index contributed by atoms with van der Waals surface area (Å²) in [6.07, 6.45) is -2.41. The van der Waals surface area contributed by atoms with Crippen molar-refractivity contribution >= 4 is 22.3 Å². The summed E-state index contributed by atoms with van der Waals surface area (Å²) < 4.78 is 54.9. The summed E-state index contributed by atoms with van der Waals surface area (Å²) in [4.78, 5) is 14.7. The number of nitrogens with one attached hydrogen (secondary N) is 1. The third-order valence-corrected chi connectivity index (χ3v) is 7.20. The number of hydrogen-bond acceptors (Lipinski definition) is 4. The van der Waals surface area contributed by atoms with Crippen LogP contribution in [0.1, 0.15) is 29.5 Å². The van der Waals surface area contributed by atoms with Gasteiger partial charge in [-0.25, -0.2) is 0 Å². The smallest absolute Gasteiger partial charge is 0.417 e. The highest BCUT2D eigenvalue weighted by Crippen LogP contribution is 2.34. The van der Waals surface area contributed by atoms with Crippen LogP contribution in [0.3, 0.4) is 0 Å². The molecule has 1 aliphatic heterocycles. The summed E-state index contributed by atoms with van der Waals surface area (Å²) in [5.74, 6) is 0.136. The van der Waals surface area contributed by atoms with Crippen LogP contribution in [0.2, 0.25) is 0 Å². The van der Waals surface area contributed by atoms with Crippen LogP contribution in [0.5, 0.6) is 0 Å². The standard InChI is InChI=1S/C23H23F3N2O3S/c24-23(25,26)20-12-22(30)27-21-8-5-16(11-19(20)21)10-15-3-6-18(7-4-15)32(31)28-9-1-2-17(13-28)14-29/h3-8,11-12,17,29H,1-2,9-10,13-14H2,(H,27,30). The zero-order valence-corrected chi connectivity index (χ0v) is 18.0. The van der Waals surface area contributed by atoms with Gasteiger partial charge in [-0.15, -0.1) is 4.31 Å². The molecule has 1 aromatic heterocycles. The number of aromatic amines is 1. The molecule has 0 saturated carbocycles. The molecule has 2 N–H and O–H groups in total. The van der Waals surface area contributed by atoms with Crippen molar-refractivity contribution in [2.24, 2.45) is 5.92 Å². The number of alkyl halides is 3. The molecule has 2 unspecified atom stereocenters. The van der Waals surface area contributed by atoms with Gasteiger partial charge < -0.3 is 14.6 Å². The lowest BCUT2D eigenvalue weighted by molar-refractivity contribution is -0.136. The van der Waals surface area contributed by atoms with Gasteiger partial charge in [-0.2, -0.15) is 13.2 Å². The molecule has 3 aromatic rings. The number of halogens is 3. The largest absolute Gasteiger partial charge is 0.593 e. The van der Waals surface area contributed by atoms with E-state index >= 15 is 0 Å². The number of H-pyrrole nitrogens is 1. The number of fused-ring (bicyclic) bond motifs is 1. The zero-order chi connectivity index (χ0) is 22.9. The number of nitrogens with zero attached hydrogens (tertiary/aromatic N) is 1. The number of aliphatic hydroxyl groups excluding tert-OH is 1. The van der Waals surface area contributed by atoms with Crippen molar-refractivity contribution in [3.05, 3.63) is 75.6 Å². The third kappa shape index (κ3) is 5.01. The highest BCUT2D eigenvalue weighted by atomic mass is 32.2. The quantitative estimate of drug-likeness (QED) is 0.562. The number of aliphatic hydroxyl groups is 1. The van der Waals surface area contributed by atoms with E-state index in [-0.39, 0.29) is 23.4 Å². The summed E-state index contributed by atoms with van der Waals surface area (Å²) >= 11 is -1.32. The molecule has 0 aliphatic carbocycles. The first-order chi connectivity index (χ1) is 15.2. The van der Waals surface area contributed by atoms with E-state index < -0.39 is 28.7 Å². The maximum absolute atomic E-state index is 13.4. The monoisotopic (exact) mass is 464 g/mol. The number of piperidine rings is 1. The van der Waals surface area contributed by atoms with Crippen molar-refractivity contribution in [3.63, 3.8) is 0 Å². The Morgan fingerprint density at radius 3 is 2.53 bits per heavy atom. The average molecular weight is 465 g/mol. The van der Waals surface area contributed by atoms with Crippen molar-refractivity contribution in [1.82, 2.24) is 9.29 Å². The van der Waals surface area contributed by atoms with E-state index in [4.69, 9.17) is 0 Å². The summed E-state index contributed by atoms with van der Waals surface area (Å²) in [5, 5.41) is 9.33. The van der Waals surface area contributed by atoms with Crippen LogP contribution in [0.4, 0.5) is 13.2 Å². The first-order valence-corrected chi connectivity index (χ1v) is 11.4. The minimum absolute atomic E-state index is 0.0455. The van der Waals surface area contributed by atoms with Gasteiger partial charge in [-0.3, -0.25) is 4.79 Å². The van der Waals surface area contributed by atoms with Crippen molar-refractivity contribution in [1.29, 1.82) is 0 Å². The fourth-order valence-electron chi connectivity index (χ4n) is 4.08. The normalized spacial score (nSPS) is 18.7. The minimum atomic E-state index is -4.62. The Balaban J connectivity index is 1.53. The van der Waals surface area contributed by atoms with E-state index in [0.717, 1.165) is 18.4 Å². The van der Waals surface area contributed by atoms with E-state index in [2.05, 4.69) is 4.98 Å². The molecule has 4 rings (SSSR count). The summed E-state index contributed by atoms with van der Waals surface area (Å²) in [7, 11) is 0. The first-order valence-electron chi connectivity index (χ1n) is 10.3. The fourth-order valence-corrected chi connectivity index (χ4v) is 5.39. The number of pyridine rings is 1. The van der Waals surface area contributed by atoms with Crippen molar-refractivity contribution < 1.29 is 22.8 Å². The van der Waals surface area contributed by atoms with Crippen LogP contribution < -0.4 is 5.56 Å². The molecule has 2 aromatic carbocycles. The molecular formula is C23H23F3N2O3S. The number of rotatable bonds is 5. The van der Waals surface area contributed by atoms with Crippen LogP contribution >= 0.6 is 0 Å². The second-order valence-corrected chi connectivity index (χ2v) is 9.56. The molecule has 0 amide bonds. The third-order valence-electron chi connectivity index (χ3n) is 5.72. The van der Waals surface area contributed by atoms with Gasteiger partial charge in [-0.1, -0.05) is 18.2 Å². The lowest BCUT2D eigenvalue weighted by Gasteiger charge is -2.31. The van der Waals surface area contributed by atoms with E-state index in [1.165, 1.54) is 12.1 Å². The summed E-state index contributed by atoms with van der Waals surface area (Å²) in [5.41, 5.74) is -0.0607. The Morgan fingerprint density at radius 2 is 1.84 bits per heavy atom. The van der Waals surface area contributed by atoms with Crippen molar-refractivity contribution in [2.45, 2.75) is 30.3 Å². The number of benzene rings is 2. The maximum Gasteiger partial charge on any atom is 0.417 e. The minimum Gasteiger partial charge on any atom is -0.593 e. The van der Waals surface area contributed by atoms with E-state index in [0.29, 0.717) is 36.0 Å². The Kier molecular flexibility index (Phi) is 6.62. The molecule has 1 saturated heterocycles. The van der Waals surface area contributed by atoms with Crippen LogP contribution in [0.15, 0.2) is 58.2 Å².